The first kappa shape index (κ1) is 25.4. The molecule has 6 heteroatoms. The van der Waals surface area contributed by atoms with E-state index in [1.54, 1.807) is 31.2 Å². The second-order valence-electron chi connectivity index (χ2n) is 7.87. The molecule has 0 bridgehead atoms. The molecule has 2 atom stereocenters. The number of nitrogens with one attached hydrogen (secondary N) is 1. The van der Waals surface area contributed by atoms with E-state index in [1.807, 2.05) is 18.2 Å². The van der Waals surface area contributed by atoms with Crippen molar-refractivity contribution in [1.29, 1.82) is 0 Å². The summed E-state index contributed by atoms with van der Waals surface area (Å²) in [5, 5.41) is 12.3. The van der Waals surface area contributed by atoms with Gasteiger partial charge in [0, 0.05) is 19.1 Å². The lowest BCUT2D eigenvalue weighted by Gasteiger charge is -2.19. The molecular formula is C26H35NO5. The predicted octanol–water partition coefficient (Wildman–Crippen LogP) is 4.41. The van der Waals surface area contributed by atoms with Crippen LogP contribution in [0.1, 0.15) is 50.7 Å². The summed E-state index contributed by atoms with van der Waals surface area (Å²) >= 11 is 0. The number of amides is 1. The van der Waals surface area contributed by atoms with Gasteiger partial charge >= 0.3 is 5.97 Å². The van der Waals surface area contributed by atoms with Crippen molar-refractivity contribution in [1.82, 2.24) is 5.32 Å². The third kappa shape index (κ3) is 9.52. The fourth-order valence-electron chi connectivity index (χ4n) is 3.54. The lowest BCUT2D eigenvalue weighted by molar-refractivity contribution is -0.150. The molecular weight excluding hydrogens is 406 g/mol. The molecule has 0 heterocycles. The van der Waals surface area contributed by atoms with Crippen molar-refractivity contribution in [2.45, 2.75) is 64.5 Å². The van der Waals surface area contributed by atoms with E-state index in [9.17, 15) is 14.7 Å². The highest BCUT2D eigenvalue weighted by molar-refractivity contribution is 5.77. The van der Waals surface area contributed by atoms with Crippen LogP contribution in [0, 0.1) is 0 Å². The minimum Gasteiger partial charge on any atom is -0.484 e. The summed E-state index contributed by atoms with van der Waals surface area (Å²) in [4.78, 5) is 23.7. The zero-order valence-electron chi connectivity index (χ0n) is 19.1. The first-order valence-electron chi connectivity index (χ1n) is 11.4. The number of carboxylic acids is 1. The van der Waals surface area contributed by atoms with Gasteiger partial charge in [0.25, 0.3) is 5.91 Å². The van der Waals surface area contributed by atoms with Crippen LogP contribution in [0.3, 0.4) is 0 Å². The van der Waals surface area contributed by atoms with Crippen molar-refractivity contribution in [2.75, 3.05) is 13.2 Å². The highest BCUT2D eigenvalue weighted by Gasteiger charge is 2.18. The number of unbranched alkanes of at least 4 members (excludes halogenated alkanes) is 2. The molecule has 2 aromatic rings. The normalized spacial score (nSPS) is 12.7. The number of hydrogen-bond donors (Lipinski definition) is 2. The molecule has 0 aliphatic rings. The van der Waals surface area contributed by atoms with E-state index in [0.717, 1.165) is 37.7 Å². The second-order valence-corrected chi connectivity index (χ2v) is 7.87. The van der Waals surface area contributed by atoms with Crippen LogP contribution in [0.5, 0.6) is 5.75 Å². The molecule has 0 saturated heterocycles. The standard InChI is InChI=1S/C26H35NO5/c1-3-5-7-12-22(17-20-10-8-6-9-11-20)27-25(28)19-32-23-15-13-21(14-16-23)18-24(26(29)30)31-4-2/h6,8-11,13-16,22,24H,3-5,7,12,17-19H2,1-2H3,(H,27,28)(H,29,30)/t22?,24-/m0/s1. The second kappa shape index (κ2) is 14.2. The first-order chi connectivity index (χ1) is 15.5. The zero-order valence-corrected chi connectivity index (χ0v) is 19.1. The van der Waals surface area contributed by atoms with E-state index in [0.29, 0.717) is 12.4 Å². The van der Waals surface area contributed by atoms with Gasteiger partial charge in [-0.05, 0) is 43.0 Å². The molecule has 0 fully saturated rings. The molecule has 6 nitrogen and oxygen atoms in total. The van der Waals surface area contributed by atoms with Crippen LogP contribution in [0.2, 0.25) is 0 Å². The summed E-state index contributed by atoms with van der Waals surface area (Å²) in [6.45, 7) is 4.22. The maximum atomic E-state index is 12.5. The van der Waals surface area contributed by atoms with Gasteiger partial charge in [-0.1, -0.05) is 68.7 Å². The number of hydrogen-bond acceptors (Lipinski definition) is 4. The van der Waals surface area contributed by atoms with E-state index in [2.05, 4.69) is 24.4 Å². The first-order valence-corrected chi connectivity index (χ1v) is 11.4. The van der Waals surface area contributed by atoms with Gasteiger partial charge in [-0.2, -0.15) is 0 Å². The average molecular weight is 442 g/mol. The molecule has 2 rings (SSSR count). The van der Waals surface area contributed by atoms with Crippen LogP contribution < -0.4 is 10.1 Å². The molecule has 1 amide bonds. The van der Waals surface area contributed by atoms with Crippen molar-refractivity contribution >= 4 is 11.9 Å². The van der Waals surface area contributed by atoms with Crippen LogP contribution in [0.15, 0.2) is 54.6 Å². The van der Waals surface area contributed by atoms with Gasteiger partial charge in [0.2, 0.25) is 0 Å². The topological polar surface area (TPSA) is 84.9 Å². The minimum atomic E-state index is -0.979. The van der Waals surface area contributed by atoms with Crippen molar-refractivity contribution < 1.29 is 24.2 Å². The monoisotopic (exact) mass is 441 g/mol. The summed E-state index contributed by atoms with van der Waals surface area (Å²) < 4.78 is 10.9. The number of carbonyl (C=O) groups is 2. The van der Waals surface area contributed by atoms with Crippen molar-refractivity contribution in [3.05, 3.63) is 65.7 Å². The van der Waals surface area contributed by atoms with Crippen molar-refractivity contribution in [3.63, 3.8) is 0 Å². The Kier molecular flexibility index (Phi) is 11.3. The number of aliphatic carboxylic acids is 1. The molecule has 0 aliphatic heterocycles. The molecule has 0 saturated carbocycles. The number of benzene rings is 2. The van der Waals surface area contributed by atoms with Crippen LogP contribution in [-0.4, -0.2) is 42.3 Å². The lowest BCUT2D eigenvalue weighted by atomic mass is 10.0. The molecule has 2 aromatic carbocycles. The lowest BCUT2D eigenvalue weighted by Crippen LogP contribution is -2.39. The Morgan fingerprint density at radius 1 is 0.938 bits per heavy atom. The summed E-state index contributed by atoms with van der Waals surface area (Å²) in [6.07, 6.45) is 4.52. The summed E-state index contributed by atoms with van der Waals surface area (Å²) in [5.74, 6) is -0.556. The Labute approximate surface area is 190 Å². The average Bonchev–Trinajstić information content (AvgIpc) is 2.79. The maximum Gasteiger partial charge on any atom is 0.333 e. The van der Waals surface area contributed by atoms with E-state index in [4.69, 9.17) is 9.47 Å². The molecule has 0 aliphatic carbocycles. The molecule has 0 spiro atoms. The fourth-order valence-corrected chi connectivity index (χ4v) is 3.54. The Balaban J connectivity index is 1.85. The van der Waals surface area contributed by atoms with E-state index >= 15 is 0 Å². The van der Waals surface area contributed by atoms with Gasteiger partial charge in [-0.3, -0.25) is 4.79 Å². The van der Waals surface area contributed by atoms with Gasteiger partial charge in [0.1, 0.15) is 5.75 Å². The zero-order chi connectivity index (χ0) is 23.2. The molecule has 0 aromatic heterocycles. The van der Waals surface area contributed by atoms with Gasteiger partial charge in [-0.15, -0.1) is 0 Å². The number of ether oxygens (including phenoxy) is 2. The van der Waals surface area contributed by atoms with E-state index in [-0.39, 0.29) is 25.0 Å². The van der Waals surface area contributed by atoms with Gasteiger partial charge in [0.05, 0.1) is 0 Å². The van der Waals surface area contributed by atoms with Gasteiger partial charge < -0.3 is 19.9 Å². The van der Waals surface area contributed by atoms with E-state index in [1.165, 1.54) is 5.56 Å². The molecule has 174 valence electrons. The molecule has 1 unspecified atom stereocenters. The Bertz CT molecular complexity index is 807. The van der Waals surface area contributed by atoms with Crippen molar-refractivity contribution in [2.24, 2.45) is 0 Å². The Morgan fingerprint density at radius 2 is 1.62 bits per heavy atom. The summed E-state index contributed by atoms with van der Waals surface area (Å²) in [5.41, 5.74) is 2.04. The van der Waals surface area contributed by atoms with Gasteiger partial charge in [-0.25, -0.2) is 4.79 Å². The fraction of sp³-hybridized carbons (Fsp3) is 0.462. The number of carboxylic acid groups (broad SMARTS) is 1. The largest absolute Gasteiger partial charge is 0.484 e. The third-order valence-electron chi connectivity index (χ3n) is 5.20. The van der Waals surface area contributed by atoms with Crippen LogP contribution in [0.4, 0.5) is 0 Å². The Hall–Kier alpha value is -2.86. The molecule has 0 radical (unpaired) electrons. The number of carbonyl (C=O) groups excluding carboxylic acids is 1. The maximum absolute atomic E-state index is 12.5. The van der Waals surface area contributed by atoms with Crippen LogP contribution >= 0.6 is 0 Å². The molecule has 32 heavy (non-hydrogen) atoms. The summed E-state index contributed by atoms with van der Waals surface area (Å²) in [7, 11) is 0. The van der Waals surface area contributed by atoms with Crippen molar-refractivity contribution in [3.8, 4) is 5.75 Å². The third-order valence-corrected chi connectivity index (χ3v) is 5.20. The predicted molar refractivity (Wildman–Crippen MR) is 125 cm³/mol. The SMILES string of the molecule is CCCCCC(Cc1ccccc1)NC(=O)COc1ccc(C[C@H](OCC)C(=O)O)cc1. The summed E-state index contributed by atoms with van der Waals surface area (Å²) in [6, 6.07) is 17.3. The highest BCUT2D eigenvalue weighted by Crippen LogP contribution is 2.15. The van der Waals surface area contributed by atoms with Crippen LogP contribution in [0.25, 0.3) is 0 Å². The highest BCUT2D eigenvalue weighted by atomic mass is 16.5. The van der Waals surface area contributed by atoms with E-state index < -0.39 is 12.1 Å². The number of rotatable bonds is 15. The smallest absolute Gasteiger partial charge is 0.333 e. The van der Waals surface area contributed by atoms with Gasteiger partial charge in [0.15, 0.2) is 12.7 Å². The molecule has 2 N–H and O–H groups in total. The minimum absolute atomic E-state index is 0.0604. The van der Waals surface area contributed by atoms with Crippen LogP contribution in [-0.2, 0) is 27.2 Å². The Morgan fingerprint density at radius 3 is 2.25 bits per heavy atom. The quantitative estimate of drug-likeness (QED) is 0.400.